The molecule has 0 saturated carbocycles. The molecule has 1 saturated heterocycles. The van der Waals surface area contributed by atoms with Crippen molar-refractivity contribution in [2.45, 2.75) is 52.5 Å². The molecule has 0 aromatic heterocycles. The van der Waals surface area contributed by atoms with Crippen LogP contribution in [-0.4, -0.2) is 29.9 Å². The first-order valence-electron chi connectivity index (χ1n) is 6.00. The summed E-state index contributed by atoms with van der Waals surface area (Å²) < 4.78 is 0. The molecule has 1 aliphatic heterocycles. The van der Waals surface area contributed by atoms with Crippen LogP contribution in [0.2, 0.25) is 0 Å². The van der Waals surface area contributed by atoms with Gasteiger partial charge in [-0.1, -0.05) is 40.0 Å². The van der Waals surface area contributed by atoms with Gasteiger partial charge in [0.1, 0.15) is 6.04 Å². The predicted octanol–water partition coefficient (Wildman–Crippen LogP) is 1.76. The number of hydrogen-bond donors (Lipinski definition) is 1. The summed E-state index contributed by atoms with van der Waals surface area (Å²) in [5.74, 6) is 0.124. The van der Waals surface area contributed by atoms with Gasteiger partial charge in [-0.15, -0.1) is 0 Å². The Hall–Kier alpha value is -0.570. The van der Waals surface area contributed by atoms with Crippen LogP contribution in [0.25, 0.3) is 0 Å². The lowest BCUT2D eigenvalue weighted by Gasteiger charge is -2.41. The molecule has 1 fully saturated rings. The quantitative estimate of drug-likeness (QED) is 0.538. The van der Waals surface area contributed by atoms with Crippen LogP contribution in [0.3, 0.4) is 0 Å². The summed E-state index contributed by atoms with van der Waals surface area (Å²) >= 11 is 0. The van der Waals surface area contributed by atoms with Crippen LogP contribution < -0.4 is 5.73 Å². The van der Waals surface area contributed by atoms with E-state index >= 15 is 0 Å². The Morgan fingerprint density at radius 2 is 2.13 bits per heavy atom. The lowest BCUT2D eigenvalue weighted by molar-refractivity contribution is -0.144. The van der Waals surface area contributed by atoms with Gasteiger partial charge in [-0.05, 0) is 11.8 Å². The molecule has 3 heteroatoms. The highest BCUT2D eigenvalue weighted by Crippen LogP contribution is 2.27. The third-order valence-corrected chi connectivity index (χ3v) is 3.12. The average Bonchev–Trinajstić information content (AvgIpc) is 2.17. The molecule has 0 aromatic carbocycles. The van der Waals surface area contributed by atoms with Crippen molar-refractivity contribution in [2.24, 2.45) is 11.1 Å². The lowest BCUT2D eigenvalue weighted by atomic mass is 9.85. The molecular weight excluding hydrogens is 188 g/mol. The number of nitrogens with two attached hydrogens (primary N) is 1. The van der Waals surface area contributed by atoms with E-state index in [0.29, 0.717) is 0 Å². The minimum atomic E-state index is -0.226. The molecule has 0 spiro atoms. The Morgan fingerprint density at radius 1 is 1.47 bits per heavy atom. The fourth-order valence-electron chi connectivity index (χ4n) is 2.12. The van der Waals surface area contributed by atoms with Gasteiger partial charge in [0, 0.05) is 13.1 Å². The molecule has 1 rings (SSSR count). The summed E-state index contributed by atoms with van der Waals surface area (Å²) in [5.41, 5.74) is 5.80. The Labute approximate surface area is 93.0 Å². The average molecular weight is 212 g/mol. The Kier molecular flexibility index (Phi) is 4.14. The first-order valence-corrected chi connectivity index (χ1v) is 6.00. The maximum Gasteiger partial charge on any atom is 0.241 e. The number of likely N-dealkylation sites (tertiary alicyclic amines) is 1. The van der Waals surface area contributed by atoms with Crippen molar-refractivity contribution in [1.82, 2.24) is 4.90 Å². The van der Waals surface area contributed by atoms with Crippen molar-refractivity contribution in [3.8, 4) is 0 Å². The first-order chi connectivity index (χ1) is 6.96. The third kappa shape index (κ3) is 3.49. The van der Waals surface area contributed by atoms with Crippen molar-refractivity contribution in [2.75, 3.05) is 13.1 Å². The molecule has 0 aromatic rings. The number of hydrogen-bond acceptors (Lipinski definition) is 2. The Bertz CT molecular complexity index is 226. The number of unbranched alkanes of at least 4 members (excludes halogenated alkanes) is 2. The maximum absolute atomic E-state index is 11.4. The summed E-state index contributed by atoms with van der Waals surface area (Å²) in [5, 5.41) is 0. The highest BCUT2D eigenvalue weighted by atomic mass is 16.2. The minimum Gasteiger partial charge on any atom is -0.339 e. The lowest BCUT2D eigenvalue weighted by Crippen LogP contribution is -2.62. The molecule has 15 heavy (non-hydrogen) atoms. The van der Waals surface area contributed by atoms with E-state index in [1.807, 2.05) is 4.90 Å². The van der Waals surface area contributed by atoms with Crippen LogP contribution in [0.5, 0.6) is 0 Å². The molecular formula is C12H24N2O. The van der Waals surface area contributed by atoms with Gasteiger partial charge in [-0.3, -0.25) is 4.79 Å². The summed E-state index contributed by atoms with van der Waals surface area (Å²) in [6.07, 6.45) is 5.00. The zero-order valence-electron chi connectivity index (χ0n) is 10.3. The molecule has 0 radical (unpaired) electrons. The standard InChI is InChI=1S/C12H24N2O/c1-4-5-6-7-12(2,3)9-14-8-10(13)11(14)15/h10H,4-9,13H2,1-3H3. The van der Waals surface area contributed by atoms with E-state index in [-0.39, 0.29) is 17.4 Å². The highest BCUT2D eigenvalue weighted by molar-refractivity contribution is 5.87. The normalized spacial score (nSPS) is 21.7. The van der Waals surface area contributed by atoms with E-state index in [1.54, 1.807) is 0 Å². The number of carbonyl (C=O) groups is 1. The molecule has 0 bridgehead atoms. The van der Waals surface area contributed by atoms with Gasteiger partial charge in [0.2, 0.25) is 5.91 Å². The van der Waals surface area contributed by atoms with Gasteiger partial charge >= 0.3 is 0 Å². The van der Waals surface area contributed by atoms with Gasteiger partial charge in [-0.25, -0.2) is 0 Å². The fourth-order valence-corrected chi connectivity index (χ4v) is 2.12. The van der Waals surface area contributed by atoms with Gasteiger partial charge in [-0.2, -0.15) is 0 Å². The molecule has 1 atom stereocenters. The molecule has 88 valence electrons. The first kappa shape index (κ1) is 12.5. The Morgan fingerprint density at radius 3 is 2.60 bits per heavy atom. The van der Waals surface area contributed by atoms with Crippen LogP contribution in [0, 0.1) is 5.41 Å². The van der Waals surface area contributed by atoms with Crippen LogP contribution in [0.4, 0.5) is 0 Å². The summed E-state index contributed by atoms with van der Waals surface area (Å²) in [4.78, 5) is 13.3. The molecule has 1 aliphatic rings. The highest BCUT2D eigenvalue weighted by Gasteiger charge is 2.36. The molecule has 1 amide bonds. The second-order valence-corrected chi connectivity index (χ2v) is 5.45. The second kappa shape index (κ2) is 4.97. The van der Waals surface area contributed by atoms with E-state index in [2.05, 4.69) is 20.8 Å². The van der Waals surface area contributed by atoms with Gasteiger partial charge in [0.05, 0.1) is 0 Å². The van der Waals surface area contributed by atoms with Crippen molar-refractivity contribution in [1.29, 1.82) is 0 Å². The predicted molar refractivity (Wildman–Crippen MR) is 62.5 cm³/mol. The molecule has 2 N–H and O–H groups in total. The number of rotatable bonds is 6. The topological polar surface area (TPSA) is 46.3 Å². The monoisotopic (exact) mass is 212 g/mol. The molecule has 1 heterocycles. The van der Waals surface area contributed by atoms with Crippen LogP contribution in [0.1, 0.15) is 46.5 Å². The zero-order chi connectivity index (χ0) is 11.5. The molecule has 3 nitrogen and oxygen atoms in total. The number of amides is 1. The van der Waals surface area contributed by atoms with E-state index in [9.17, 15) is 4.79 Å². The minimum absolute atomic E-state index is 0.124. The van der Waals surface area contributed by atoms with Crippen LogP contribution in [-0.2, 0) is 4.79 Å². The van der Waals surface area contributed by atoms with Crippen LogP contribution in [0.15, 0.2) is 0 Å². The van der Waals surface area contributed by atoms with Gasteiger partial charge < -0.3 is 10.6 Å². The van der Waals surface area contributed by atoms with E-state index in [0.717, 1.165) is 13.1 Å². The maximum atomic E-state index is 11.4. The van der Waals surface area contributed by atoms with Crippen molar-refractivity contribution in [3.63, 3.8) is 0 Å². The largest absolute Gasteiger partial charge is 0.339 e. The van der Waals surface area contributed by atoms with E-state index < -0.39 is 0 Å². The van der Waals surface area contributed by atoms with E-state index in [1.165, 1.54) is 25.7 Å². The van der Waals surface area contributed by atoms with Gasteiger partial charge in [0.25, 0.3) is 0 Å². The summed E-state index contributed by atoms with van der Waals surface area (Å²) in [6, 6.07) is -0.226. The number of β-lactam (4-membered cyclic amide) rings is 1. The van der Waals surface area contributed by atoms with Gasteiger partial charge in [0.15, 0.2) is 0 Å². The summed E-state index contributed by atoms with van der Waals surface area (Å²) in [6.45, 7) is 8.30. The van der Waals surface area contributed by atoms with Crippen molar-refractivity contribution < 1.29 is 4.79 Å². The van der Waals surface area contributed by atoms with E-state index in [4.69, 9.17) is 5.73 Å². The smallest absolute Gasteiger partial charge is 0.241 e. The van der Waals surface area contributed by atoms with Crippen LogP contribution >= 0.6 is 0 Å². The number of nitrogens with zero attached hydrogens (tertiary/aromatic N) is 1. The van der Waals surface area contributed by atoms with Crippen molar-refractivity contribution >= 4 is 5.91 Å². The fraction of sp³-hybridized carbons (Fsp3) is 0.917. The Balaban J connectivity index is 2.26. The molecule has 0 aliphatic carbocycles. The second-order valence-electron chi connectivity index (χ2n) is 5.45. The van der Waals surface area contributed by atoms with Crippen molar-refractivity contribution in [3.05, 3.63) is 0 Å². The third-order valence-electron chi connectivity index (χ3n) is 3.12. The zero-order valence-corrected chi connectivity index (χ0v) is 10.3. The molecule has 1 unspecified atom stereocenters. The number of carbonyl (C=O) groups excluding carboxylic acids is 1. The summed E-state index contributed by atoms with van der Waals surface area (Å²) in [7, 11) is 0. The SMILES string of the molecule is CCCCCC(C)(C)CN1CC(N)C1=O.